The third-order valence-corrected chi connectivity index (χ3v) is 3.52. The fourth-order valence-corrected chi connectivity index (χ4v) is 2.16. The quantitative estimate of drug-likeness (QED) is 0.919. The van der Waals surface area contributed by atoms with Crippen LogP contribution in [0.3, 0.4) is 0 Å². The van der Waals surface area contributed by atoms with Gasteiger partial charge in [-0.05, 0) is 55.3 Å². The molecule has 0 unspecified atom stereocenters. The summed E-state index contributed by atoms with van der Waals surface area (Å²) in [5.74, 6) is 0.380. The summed E-state index contributed by atoms with van der Waals surface area (Å²) >= 11 is 0. The molecular weight excluding hydrogens is 304 g/mol. The van der Waals surface area contributed by atoms with Crippen LogP contribution >= 0.6 is 0 Å². The molecule has 24 heavy (non-hydrogen) atoms. The van der Waals surface area contributed by atoms with Crippen LogP contribution in [-0.2, 0) is 4.79 Å². The number of amides is 2. The van der Waals surface area contributed by atoms with Crippen LogP contribution in [0.2, 0.25) is 0 Å². The molecule has 5 heteroatoms. The SMILES string of the molecule is Cc1ccc(C)c(OCC(=O)Nc2ccc(C(=O)N(C)C)cc2)c1. The molecule has 0 saturated heterocycles. The van der Waals surface area contributed by atoms with Crippen LogP contribution in [0.15, 0.2) is 42.5 Å². The molecule has 0 aromatic heterocycles. The van der Waals surface area contributed by atoms with Gasteiger partial charge in [-0.1, -0.05) is 12.1 Å². The van der Waals surface area contributed by atoms with Gasteiger partial charge in [-0.2, -0.15) is 0 Å². The number of ether oxygens (including phenoxy) is 1. The van der Waals surface area contributed by atoms with Crippen molar-refractivity contribution in [3.63, 3.8) is 0 Å². The van der Waals surface area contributed by atoms with Gasteiger partial charge >= 0.3 is 0 Å². The molecule has 0 aliphatic rings. The van der Waals surface area contributed by atoms with Crippen LogP contribution in [0.25, 0.3) is 0 Å². The Balaban J connectivity index is 1.92. The number of carbonyl (C=O) groups is 2. The summed E-state index contributed by atoms with van der Waals surface area (Å²) in [5, 5.41) is 2.75. The van der Waals surface area contributed by atoms with E-state index in [1.807, 2.05) is 32.0 Å². The summed E-state index contributed by atoms with van der Waals surface area (Å²) in [6.07, 6.45) is 0. The minimum absolute atomic E-state index is 0.0668. The molecule has 2 aromatic rings. The zero-order valence-corrected chi connectivity index (χ0v) is 14.4. The molecule has 0 heterocycles. The number of carbonyl (C=O) groups excluding carboxylic acids is 2. The van der Waals surface area contributed by atoms with Crippen LogP contribution < -0.4 is 10.1 Å². The summed E-state index contributed by atoms with van der Waals surface area (Å²) in [4.78, 5) is 25.3. The van der Waals surface area contributed by atoms with Gasteiger partial charge in [0.2, 0.25) is 0 Å². The Morgan fingerprint density at radius 3 is 2.33 bits per heavy atom. The van der Waals surface area contributed by atoms with Gasteiger partial charge in [0.1, 0.15) is 5.75 Å². The van der Waals surface area contributed by atoms with Crippen molar-refractivity contribution < 1.29 is 14.3 Å². The fourth-order valence-electron chi connectivity index (χ4n) is 2.16. The van der Waals surface area contributed by atoms with Crippen molar-refractivity contribution in [3.05, 3.63) is 59.2 Å². The molecule has 2 amide bonds. The lowest BCUT2D eigenvalue weighted by Crippen LogP contribution is -2.22. The molecule has 0 radical (unpaired) electrons. The lowest BCUT2D eigenvalue weighted by molar-refractivity contribution is -0.118. The van der Waals surface area contributed by atoms with Crippen LogP contribution in [0.5, 0.6) is 5.75 Å². The summed E-state index contributed by atoms with van der Waals surface area (Å²) in [5.41, 5.74) is 3.27. The molecule has 0 aliphatic heterocycles. The van der Waals surface area contributed by atoms with Crippen molar-refractivity contribution in [1.29, 1.82) is 0 Å². The number of aryl methyl sites for hydroxylation is 2. The van der Waals surface area contributed by atoms with Crippen molar-refractivity contribution in [2.24, 2.45) is 0 Å². The average molecular weight is 326 g/mol. The first-order valence-corrected chi connectivity index (χ1v) is 7.68. The number of hydrogen-bond acceptors (Lipinski definition) is 3. The smallest absolute Gasteiger partial charge is 0.262 e. The normalized spacial score (nSPS) is 10.2. The third kappa shape index (κ3) is 4.59. The number of nitrogens with one attached hydrogen (secondary N) is 1. The number of rotatable bonds is 5. The molecule has 2 aromatic carbocycles. The van der Waals surface area contributed by atoms with Gasteiger partial charge in [-0.25, -0.2) is 0 Å². The Hall–Kier alpha value is -2.82. The Morgan fingerprint density at radius 1 is 1.04 bits per heavy atom. The first-order valence-electron chi connectivity index (χ1n) is 7.68. The second-order valence-corrected chi connectivity index (χ2v) is 5.88. The highest BCUT2D eigenvalue weighted by Crippen LogP contribution is 2.19. The predicted molar refractivity (Wildman–Crippen MR) is 94.5 cm³/mol. The molecule has 126 valence electrons. The highest BCUT2D eigenvalue weighted by Gasteiger charge is 2.09. The summed E-state index contributed by atoms with van der Waals surface area (Å²) in [7, 11) is 3.39. The third-order valence-electron chi connectivity index (χ3n) is 3.52. The lowest BCUT2D eigenvalue weighted by Gasteiger charge is -2.12. The summed E-state index contributed by atoms with van der Waals surface area (Å²) in [6, 6.07) is 12.6. The Morgan fingerprint density at radius 2 is 1.71 bits per heavy atom. The molecule has 0 bridgehead atoms. The van der Waals surface area contributed by atoms with E-state index in [0.29, 0.717) is 17.0 Å². The van der Waals surface area contributed by atoms with Crippen LogP contribution in [0, 0.1) is 13.8 Å². The summed E-state index contributed by atoms with van der Waals surface area (Å²) < 4.78 is 5.57. The van der Waals surface area contributed by atoms with Crippen molar-refractivity contribution in [3.8, 4) is 5.75 Å². The maximum atomic E-state index is 12.0. The standard InChI is InChI=1S/C19H22N2O3/c1-13-5-6-14(2)17(11-13)24-12-18(22)20-16-9-7-15(8-10-16)19(23)21(3)4/h5-11H,12H2,1-4H3,(H,20,22). The number of anilines is 1. The maximum Gasteiger partial charge on any atom is 0.262 e. The van der Waals surface area contributed by atoms with Crippen LogP contribution in [-0.4, -0.2) is 37.4 Å². The zero-order chi connectivity index (χ0) is 17.7. The van der Waals surface area contributed by atoms with Gasteiger partial charge < -0.3 is 15.0 Å². The van der Waals surface area contributed by atoms with Crippen molar-refractivity contribution >= 4 is 17.5 Å². The minimum Gasteiger partial charge on any atom is -0.483 e. The van der Waals surface area contributed by atoms with E-state index < -0.39 is 0 Å². The van der Waals surface area contributed by atoms with Crippen molar-refractivity contribution in [1.82, 2.24) is 4.90 Å². The average Bonchev–Trinajstić information content (AvgIpc) is 2.55. The maximum absolute atomic E-state index is 12.0. The lowest BCUT2D eigenvalue weighted by atomic mass is 10.1. The van der Waals surface area contributed by atoms with Gasteiger partial charge in [-0.15, -0.1) is 0 Å². The molecule has 0 spiro atoms. The fraction of sp³-hybridized carbons (Fsp3) is 0.263. The van der Waals surface area contributed by atoms with E-state index in [2.05, 4.69) is 5.32 Å². The van der Waals surface area contributed by atoms with Crippen LogP contribution in [0.1, 0.15) is 21.5 Å². The van der Waals surface area contributed by atoms with E-state index in [-0.39, 0.29) is 18.4 Å². The predicted octanol–water partition coefficient (Wildman–Crippen LogP) is 3.02. The first kappa shape index (κ1) is 17.5. The zero-order valence-electron chi connectivity index (χ0n) is 14.4. The monoisotopic (exact) mass is 326 g/mol. The molecule has 0 aliphatic carbocycles. The minimum atomic E-state index is -0.248. The van der Waals surface area contributed by atoms with Crippen LogP contribution in [0.4, 0.5) is 5.69 Å². The van der Waals surface area contributed by atoms with E-state index >= 15 is 0 Å². The molecule has 1 N–H and O–H groups in total. The topological polar surface area (TPSA) is 58.6 Å². The van der Waals surface area contributed by atoms with E-state index in [0.717, 1.165) is 11.1 Å². The molecule has 2 rings (SSSR count). The summed E-state index contributed by atoms with van der Waals surface area (Å²) in [6.45, 7) is 3.85. The van der Waals surface area contributed by atoms with Gasteiger partial charge in [0.15, 0.2) is 6.61 Å². The van der Waals surface area contributed by atoms with E-state index in [9.17, 15) is 9.59 Å². The highest BCUT2D eigenvalue weighted by molar-refractivity contribution is 5.95. The first-order chi connectivity index (χ1) is 11.4. The number of nitrogens with zero attached hydrogens (tertiary/aromatic N) is 1. The molecule has 0 fully saturated rings. The van der Waals surface area contributed by atoms with E-state index in [1.165, 1.54) is 4.90 Å². The van der Waals surface area contributed by atoms with E-state index in [1.54, 1.807) is 38.4 Å². The number of benzene rings is 2. The van der Waals surface area contributed by atoms with Gasteiger partial charge in [0.25, 0.3) is 11.8 Å². The van der Waals surface area contributed by atoms with Gasteiger partial charge in [-0.3, -0.25) is 9.59 Å². The molecule has 5 nitrogen and oxygen atoms in total. The molecular formula is C19H22N2O3. The molecule has 0 saturated carbocycles. The second kappa shape index (κ2) is 7.64. The highest BCUT2D eigenvalue weighted by atomic mass is 16.5. The Bertz CT molecular complexity index is 737. The largest absolute Gasteiger partial charge is 0.483 e. The van der Waals surface area contributed by atoms with Crippen molar-refractivity contribution in [2.75, 3.05) is 26.0 Å². The molecule has 0 atom stereocenters. The van der Waals surface area contributed by atoms with Gasteiger partial charge in [0, 0.05) is 25.3 Å². The Labute approximate surface area is 142 Å². The second-order valence-electron chi connectivity index (χ2n) is 5.88. The number of hydrogen-bond donors (Lipinski definition) is 1. The van der Waals surface area contributed by atoms with Crippen molar-refractivity contribution in [2.45, 2.75) is 13.8 Å². The van der Waals surface area contributed by atoms with Gasteiger partial charge in [0.05, 0.1) is 0 Å². The Kier molecular flexibility index (Phi) is 5.58. The van der Waals surface area contributed by atoms with E-state index in [4.69, 9.17) is 4.74 Å².